The van der Waals surface area contributed by atoms with E-state index < -0.39 is 10.0 Å². The predicted octanol–water partition coefficient (Wildman–Crippen LogP) is 1.24. The highest BCUT2D eigenvalue weighted by Gasteiger charge is 2.26. The maximum atomic E-state index is 12.4. The third-order valence-corrected chi connectivity index (χ3v) is 5.75. The highest BCUT2D eigenvalue weighted by atomic mass is 32.2. The van der Waals surface area contributed by atoms with Crippen molar-refractivity contribution in [2.75, 3.05) is 26.5 Å². The lowest BCUT2D eigenvalue weighted by molar-refractivity contribution is 0.0919. The van der Waals surface area contributed by atoms with E-state index in [1.807, 2.05) is 24.3 Å². The largest absolute Gasteiger partial charge is 0.497 e. The van der Waals surface area contributed by atoms with Gasteiger partial charge in [-0.15, -0.1) is 0 Å². The molecule has 0 spiro atoms. The maximum absolute atomic E-state index is 12.4. The zero-order valence-electron chi connectivity index (χ0n) is 14.7. The van der Waals surface area contributed by atoms with Gasteiger partial charge in [-0.2, -0.15) is 5.10 Å². The first-order chi connectivity index (χ1) is 12.4. The van der Waals surface area contributed by atoms with E-state index in [4.69, 9.17) is 4.74 Å². The quantitative estimate of drug-likeness (QED) is 0.815. The van der Waals surface area contributed by atoms with Gasteiger partial charge in [-0.3, -0.25) is 9.89 Å². The van der Waals surface area contributed by atoms with Gasteiger partial charge < -0.3 is 10.1 Å². The predicted molar refractivity (Wildman–Crippen MR) is 97.5 cm³/mol. The zero-order chi connectivity index (χ0) is 18.7. The van der Waals surface area contributed by atoms with E-state index in [9.17, 15) is 13.2 Å². The topological polar surface area (TPSA) is 104 Å². The van der Waals surface area contributed by atoms with Crippen molar-refractivity contribution >= 4 is 15.9 Å². The number of piperidine rings is 1. The molecule has 0 atom stereocenters. The first-order valence-corrected chi connectivity index (χ1v) is 10.2. The molecule has 140 valence electrons. The molecule has 2 N–H and O–H groups in total. The van der Waals surface area contributed by atoms with E-state index in [1.54, 1.807) is 13.2 Å². The fourth-order valence-electron chi connectivity index (χ4n) is 2.96. The van der Waals surface area contributed by atoms with Gasteiger partial charge >= 0.3 is 0 Å². The first kappa shape index (κ1) is 18.4. The van der Waals surface area contributed by atoms with Crippen LogP contribution in [0.25, 0.3) is 11.3 Å². The Kier molecular flexibility index (Phi) is 5.28. The Hall–Kier alpha value is -2.39. The van der Waals surface area contributed by atoms with Crippen molar-refractivity contribution in [3.05, 3.63) is 36.0 Å². The van der Waals surface area contributed by atoms with Crippen molar-refractivity contribution in [1.29, 1.82) is 0 Å². The molecule has 9 heteroatoms. The number of nitrogens with one attached hydrogen (secondary N) is 2. The molecular formula is C17H22N4O4S. The fourth-order valence-corrected chi connectivity index (χ4v) is 3.84. The van der Waals surface area contributed by atoms with Gasteiger partial charge in [0.05, 0.1) is 19.1 Å². The molecule has 26 heavy (non-hydrogen) atoms. The van der Waals surface area contributed by atoms with Crippen LogP contribution < -0.4 is 10.1 Å². The molecule has 1 aliphatic rings. The molecule has 8 nitrogen and oxygen atoms in total. The van der Waals surface area contributed by atoms with Gasteiger partial charge in [0.15, 0.2) is 0 Å². The molecule has 0 radical (unpaired) electrons. The summed E-state index contributed by atoms with van der Waals surface area (Å²) in [6, 6.07) is 9.07. The Labute approximate surface area is 152 Å². The molecule has 3 rings (SSSR count). The lowest BCUT2D eigenvalue weighted by Gasteiger charge is -2.30. The third-order valence-electron chi connectivity index (χ3n) is 4.45. The SMILES string of the molecule is COc1cccc(-c2cc(C(=O)NC3CCN(S(C)(=O)=O)CC3)[nH]n2)c1. The van der Waals surface area contributed by atoms with Crippen molar-refractivity contribution in [3.63, 3.8) is 0 Å². The van der Waals surface area contributed by atoms with Crippen molar-refractivity contribution < 1.29 is 17.9 Å². The molecule has 0 unspecified atom stereocenters. The van der Waals surface area contributed by atoms with Gasteiger partial charge in [0.25, 0.3) is 5.91 Å². The van der Waals surface area contributed by atoms with E-state index >= 15 is 0 Å². The van der Waals surface area contributed by atoms with Gasteiger partial charge in [0.1, 0.15) is 11.4 Å². The number of carbonyl (C=O) groups is 1. The number of methoxy groups -OCH3 is 1. The molecular weight excluding hydrogens is 356 g/mol. The fraction of sp³-hybridized carbons (Fsp3) is 0.412. The normalized spacial score (nSPS) is 16.4. The minimum absolute atomic E-state index is 0.0518. The summed E-state index contributed by atoms with van der Waals surface area (Å²) in [7, 11) is -1.57. The van der Waals surface area contributed by atoms with Crippen LogP contribution in [-0.2, 0) is 10.0 Å². The molecule has 0 saturated carbocycles. The molecule has 0 bridgehead atoms. The number of nitrogens with zero attached hydrogens (tertiary/aromatic N) is 2. The number of ether oxygens (including phenoxy) is 1. The number of aromatic amines is 1. The number of carbonyl (C=O) groups excluding carboxylic acids is 1. The second-order valence-electron chi connectivity index (χ2n) is 6.31. The smallest absolute Gasteiger partial charge is 0.269 e. The molecule has 1 aliphatic heterocycles. The average molecular weight is 378 g/mol. The van der Waals surface area contributed by atoms with Crippen molar-refractivity contribution in [2.45, 2.75) is 18.9 Å². The van der Waals surface area contributed by atoms with E-state index in [2.05, 4.69) is 15.5 Å². The Morgan fingerprint density at radius 2 is 2.04 bits per heavy atom. The van der Waals surface area contributed by atoms with Crippen LogP contribution in [0.15, 0.2) is 30.3 Å². The summed E-state index contributed by atoms with van der Waals surface area (Å²) in [6.45, 7) is 0.837. The van der Waals surface area contributed by atoms with Gasteiger partial charge in [-0.1, -0.05) is 12.1 Å². The first-order valence-electron chi connectivity index (χ1n) is 8.32. The Bertz CT molecular complexity index is 886. The molecule has 1 amide bonds. The Morgan fingerprint density at radius 1 is 1.31 bits per heavy atom. The molecule has 1 fully saturated rings. The summed E-state index contributed by atoms with van der Waals surface area (Å²) in [5.41, 5.74) is 1.87. The van der Waals surface area contributed by atoms with Gasteiger partial charge in [0, 0.05) is 24.7 Å². The lowest BCUT2D eigenvalue weighted by atomic mass is 10.1. The number of hydrogen-bond acceptors (Lipinski definition) is 5. The number of benzene rings is 1. The molecule has 2 heterocycles. The second kappa shape index (κ2) is 7.46. The van der Waals surface area contributed by atoms with Crippen LogP contribution in [0.1, 0.15) is 23.3 Å². The second-order valence-corrected chi connectivity index (χ2v) is 8.29. The van der Waals surface area contributed by atoms with E-state index in [1.165, 1.54) is 10.6 Å². The summed E-state index contributed by atoms with van der Waals surface area (Å²) in [6.07, 6.45) is 2.39. The number of hydrogen-bond donors (Lipinski definition) is 2. The minimum atomic E-state index is -3.17. The van der Waals surface area contributed by atoms with Gasteiger partial charge in [-0.05, 0) is 31.0 Å². The van der Waals surface area contributed by atoms with Gasteiger partial charge in [-0.25, -0.2) is 12.7 Å². The number of sulfonamides is 1. The highest BCUT2D eigenvalue weighted by Crippen LogP contribution is 2.22. The number of rotatable bonds is 5. The average Bonchev–Trinajstić information content (AvgIpc) is 3.12. The minimum Gasteiger partial charge on any atom is -0.497 e. The van der Waals surface area contributed by atoms with Crippen LogP contribution in [-0.4, -0.2) is 61.3 Å². The van der Waals surface area contributed by atoms with Crippen LogP contribution >= 0.6 is 0 Å². The van der Waals surface area contributed by atoms with Crippen LogP contribution in [0.3, 0.4) is 0 Å². The van der Waals surface area contributed by atoms with Crippen molar-refractivity contribution in [2.24, 2.45) is 0 Å². The van der Waals surface area contributed by atoms with E-state index in [0.717, 1.165) is 5.56 Å². The van der Waals surface area contributed by atoms with E-state index in [-0.39, 0.29) is 11.9 Å². The number of amides is 1. The zero-order valence-corrected chi connectivity index (χ0v) is 15.5. The standard InChI is InChI=1S/C17H22N4O4S/c1-25-14-5-3-4-12(10-14)15-11-16(20-19-15)17(22)18-13-6-8-21(9-7-13)26(2,23)24/h3-5,10-11,13H,6-9H2,1-2H3,(H,18,22)(H,19,20). The summed E-state index contributed by atoms with van der Waals surface area (Å²) in [5, 5.41) is 9.88. The molecule has 1 aromatic carbocycles. The van der Waals surface area contributed by atoms with E-state index in [0.29, 0.717) is 43.1 Å². The number of H-pyrrole nitrogens is 1. The molecule has 1 saturated heterocycles. The number of aromatic nitrogens is 2. The summed E-state index contributed by atoms with van der Waals surface area (Å²) < 4.78 is 29.7. The third kappa shape index (κ3) is 4.23. The van der Waals surface area contributed by atoms with Gasteiger partial charge in [0.2, 0.25) is 10.0 Å². The van der Waals surface area contributed by atoms with Crippen molar-refractivity contribution in [3.8, 4) is 17.0 Å². The molecule has 0 aliphatic carbocycles. The molecule has 2 aromatic rings. The van der Waals surface area contributed by atoms with Crippen LogP contribution in [0.5, 0.6) is 5.75 Å². The van der Waals surface area contributed by atoms with Crippen molar-refractivity contribution in [1.82, 2.24) is 19.8 Å². The monoisotopic (exact) mass is 378 g/mol. The highest BCUT2D eigenvalue weighted by molar-refractivity contribution is 7.88. The summed E-state index contributed by atoms with van der Waals surface area (Å²) in [4.78, 5) is 12.4. The van der Waals surface area contributed by atoms with Crippen LogP contribution in [0.4, 0.5) is 0 Å². The maximum Gasteiger partial charge on any atom is 0.269 e. The van der Waals surface area contributed by atoms with Crippen LogP contribution in [0.2, 0.25) is 0 Å². The Balaban J connectivity index is 1.62. The molecule has 1 aromatic heterocycles. The lowest BCUT2D eigenvalue weighted by Crippen LogP contribution is -2.46. The Morgan fingerprint density at radius 3 is 2.69 bits per heavy atom. The van der Waals surface area contributed by atoms with Crippen LogP contribution in [0, 0.1) is 0 Å². The summed E-state index contributed by atoms with van der Waals surface area (Å²) in [5.74, 6) is 0.471. The summed E-state index contributed by atoms with van der Waals surface area (Å²) >= 11 is 0.